The predicted octanol–water partition coefficient (Wildman–Crippen LogP) is 1.99. The van der Waals surface area contributed by atoms with Crippen molar-refractivity contribution < 1.29 is 13.2 Å². The van der Waals surface area contributed by atoms with Crippen molar-refractivity contribution in [1.82, 2.24) is 15.6 Å². The normalized spacial score (nSPS) is 12.0. The van der Waals surface area contributed by atoms with Crippen LogP contribution in [0.3, 0.4) is 0 Å². The summed E-state index contributed by atoms with van der Waals surface area (Å²) in [4.78, 5) is 10.2. The standard InChI is InChI=1S/C17H24N4O3S2/c1-4-18-17(21-12-16-20-11-13(2)25-16)19-9-10-24-14-5-7-15(8-6-14)26(3,22)23/h5-8,11H,4,9-10,12H2,1-3H3,(H2,18,19,21). The molecule has 0 bridgehead atoms. The topological polar surface area (TPSA) is 92.7 Å². The highest BCUT2D eigenvalue weighted by atomic mass is 32.2. The second-order valence-corrected chi connectivity index (χ2v) is 8.91. The molecule has 0 saturated carbocycles. The van der Waals surface area contributed by atoms with Gasteiger partial charge in [-0.05, 0) is 38.1 Å². The Kier molecular flexibility index (Phi) is 7.40. The molecule has 0 saturated heterocycles. The maximum atomic E-state index is 11.4. The van der Waals surface area contributed by atoms with Gasteiger partial charge in [-0.3, -0.25) is 0 Å². The zero-order valence-corrected chi connectivity index (χ0v) is 16.8. The van der Waals surface area contributed by atoms with Crippen molar-refractivity contribution in [2.75, 3.05) is 26.0 Å². The zero-order valence-electron chi connectivity index (χ0n) is 15.2. The number of guanidine groups is 1. The molecule has 1 aromatic heterocycles. The monoisotopic (exact) mass is 396 g/mol. The van der Waals surface area contributed by atoms with E-state index in [4.69, 9.17) is 4.74 Å². The van der Waals surface area contributed by atoms with E-state index in [1.165, 1.54) is 11.1 Å². The minimum atomic E-state index is -3.19. The van der Waals surface area contributed by atoms with Gasteiger partial charge in [-0.25, -0.2) is 18.4 Å². The number of aliphatic imine (C=N–C) groups is 1. The van der Waals surface area contributed by atoms with E-state index < -0.39 is 9.84 Å². The first kappa shape index (κ1) is 20.2. The van der Waals surface area contributed by atoms with Gasteiger partial charge in [-0.15, -0.1) is 11.3 Å². The Hall–Kier alpha value is -2.13. The van der Waals surface area contributed by atoms with Gasteiger partial charge < -0.3 is 15.4 Å². The summed E-state index contributed by atoms with van der Waals surface area (Å²) in [7, 11) is -3.19. The minimum Gasteiger partial charge on any atom is -0.492 e. The third-order valence-corrected chi connectivity index (χ3v) is 5.33. The van der Waals surface area contributed by atoms with Crippen molar-refractivity contribution in [2.24, 2.45) is 4.99 Å². The molecule has 0 aliphatic carbocycles. The maximum Gasteiger partial charge on any atom is 0.191 e. The molecule has 2 aromatic rings. The summed E-state index contributed by atoms with van der Waals surface area (Å²) >= 11 is 1.63. The molecule has 2 N–H and O–H groups in total. The Morgan fingerprint density at radius 1 is 1.27 bits per heavy atom. The lowest BCUT2D eigenvalue weighted by Crippen LogP contribution is -2.39. The van der Waals surface area contributed by atoms with Crippen molar-refractivity contribution >= 4 is 27.1 Å². The molecule has 1 aromatic carbocycles. The van der Waals surface area contributed by atoms with E-state index in [9.17, 15) is 8.42 Å². The lowest BCUT2D eigenvalue weighted by atomic mass is 10.3. The average molecular weight is 397 g/mol. The van der Waals surface area contributed by atoms with Crippen LogP contribution in [0.4, 0.5) is 0 Å². The molecule has 0 fully saturated rings. The Morgan fingerprint density at radius 3 is 2.58 bits per heavy atom. The molecule has 9 heteroatoms. The summed E-state index contributed by atoms with van der Waals surface area (Å²) in [5.41, 5.74) is 0. The fourth-order valence-corrected chi connectivity index (χ4v) is 3.43. The molecule has 142 valence electrons. The van der Waals surface area contributed by atoms with Crippen LogP contribution in [0, 0.1) is 6.92 Å². The molecule has 1 heterocycles. The van der Waals surface area contributed by atoms with E-state index in [0.29, 0.717) is 31.4 Å². The molecular formula is C17H24N4O3S2. The zero-order chi connectivity index (χ0) is 19.0. The van der Waals surface area contributed by atoms with Crippen LogP contribution in [0.5, 0.6) is 5.75 Å². The number of aromatic nitrogens is 1. The van der Waals surface area contributed by atoms with Crippen LogP contribution >= 0.6 is 11.3 Å². The van der Waals surface area contributed by atoms with E-state index in [0.717, 1.165) is 11.6 Å². The number of ether oxygens (including phenoxy) is 1. The van der Waals surface area contributed by atoms with Crippen LogP contribution in [0.25, 0.3) is 0 Å². The van der Waals surface area contributed by atoms with Gasteiger partial charge in [-0.1, -0.05) is 0 Å². The van der Waals surface area contributed by atoms with Gasteiger partial charge in [0.25, 0.3) is 0 Å². The second-order valence-electron chi connectivity index (χ2n) is 5.58. The first-order chi connectivity index (χ1) is 12.4. The summed E-state index contributed by atoms with van der Waals surface area (Å²) in [5, 5.41) is 7.35. The van der Waals surface area contributed by atoms with Gasteiger partial charge in [0, 0.05) is 23.9 Å². The third-order valence-electron chi connectivity index (χ3n) is 3.30. The van der Waals surface area contributed by atoms with Crippen molar-refractivity contribution in [3.8, 4) is 5.75 Å². The van der Waals surface area contributed by atoms with Crippen LogP contribution in [0.15, 0.2) is 40.4 Å². The first-order valence-electron chi connectivity index (χ1n) is 8.25. The quantitative estimate of drug-likeness (QED) is 0.403. The molecule has 2 rings (SSSR count). The summed E-state index contributed by atoms with van der Waals surface area (Å²) in [6, 6.07) is 6.39. The number of nitrogens with zero attached hydrogens (tertiary/aromatic N) is 2. The van der Waals surface area contributed by atoms with E-state index in [2.05, 4.69) is 20.6 Å². The number of hydrogen-bond acceptors (Lipinski definition) is 6. The fourth-order valence-electron chi connectivity index (χ4n) is 2.08. The summed E-state index contributed by atoms with van der Waals surface area (Å²) in [5.74, 6) is 1.33. The Labute approximate surface area is 158 Å². The lowest BCUT2D eigenvalue weighted by Gasteiger charge is -2.12. The van der Waals surface area contributed by atoms with Crippen LogP contribution in [-0.4, -0.2) is 45.3 Å². The SMILES string of the molecule is CCNC(=NCc1ncc(C)s1)NCCOc1ccc(S(C)(=O)=O)cc1. The number of nitrogens with one attached hydrogen (secondary N) is 2. The Bertz CT molecular complexity index is 830. The maximum absolute atomic E-state index is 11.4. The Morgan fingerprint density at radius 2 is 2.00 bits per heavy atom. The highest BCUT2D eigenvalue weighted by molar-refractivity contribution is 7.90. The van der Waals surface area contributed by atoms with Gasteiger partial charge >= 0.3 is 0 Å². The number of aryl methyl sites for hydroxylation is 1. The third kappa shape index (κ3) is 6.64. The molecule has 0 spiro atoms. The first-order valence-corrected chi connectivity index (χ1v) is 11.0. The molecule has 0 aliphatic heterocycles. The molecule has 0 aliphatic rings. The number of thiazole rings is 1. The van der Waals surface area contributed by atoms with E-state index >= 15 is 0 Å². The molecule has 0 atom stereocenters. The van der Waals surface area contributed by atoms with Crippen molar-refractivity contribution in [2.45, 2.75) is 25.3 Å². The molecule has 7 nitrogen and oxygen atoms in total. The lowest BCUT2D eigenvalue weighted by molar-refractivity contribution is 0.321. The molecule has 0 amide bonds. The predicted molar refractivity (Wildman–Crippen MR) is 105 cm³/mol. The van der Waals surface area contributed by atoms with Crippen molar-refractivity contribution in [3.63, 3.8) is 0 Å². The van der Waals surface area contributed by atoms with Crippen LogP contribution in [0.2, 0.25) is 0 Å². The van der Waals surface area contributed by atoms with Crippen LogP contribution in [-0.2, 0) is 16.4 Å². The summed E-state index contributed by atoms with van der Waals surface area (Å²) in [6.07, 6.45) is 3.03. The van der Waals surface area contributed by atoms with Gasteiger partial charge in [0.05, 0.1) is 18.0 Å². The minimum absolute atomic E-state index is 0.280. The fraction of sp³-hybridized carbons (Fsp3) is 0.412. The number of sulfone groups is 1. The van der Waals surface area contributed by atoms with Gasteiger partial charge in [0.15, 0.2) is 15.8 Å². The van der Waals surface area contributed by atoms with Crippen molar-refractivity contribution in [3.05, 3.63) is 40.3 Å². The average Bonchev–Trinajstić information content (AvgIpc) is 3.01. The van der Waals surface area contributed by atoms with E-state index in [1.807, 2.05) is 20.0 Å². The molecule has 0 radical (unpaired) electrons. The van der Waals surface area contributed by atoms with E-state index in [1.54, 1.807) is 35.6 Å². The van der Waals surface area contributed by atoms with Gasteiger partial charge in [0.1, 0.15) is 17.4 Å². The van der Waals surface area contributed by atoms with Crippen molar-refractivity contribution in [1.29, 1.82) is 0 Å². The van der Waals surface area contributed by atoms with Gasteiger partial charge in [0.2, 0.25) is 0 Å². The molecule has 26 heavy (non-hydrogen) atoms. The highest BCUT2D eigenvalue weighted by Gasteiger charge is 2.06. The molecule has 0 unspecified atom stereocenters. The smallest absolute Gasteiger partial charge is 0.191 e. The number of hydrogen-bond donors (Lipinski definition) is 2. The Balaban J connectivity index is 1.80. The van der Waals surface area contributed by atoms with Crippen LogP contribution in [0.1, 0.15) is 16.8 Å². The van der Waals surface area contributed by atoms with E-state index in [-0.39, 0.29) is 4.90 Å². The number of rotatable bonds is 8. The van der Waals surface area contributed by atoms with Crippen LogP contribution < -0.4 is 15.4 Å². The van der Waals surface area contributed by atoms with Gasteiger partial charge in [-0.2, -0.15) is 0 Å². The highest BCUT2D eigenvalue weighted by Crippen LogP contribution is 2.15. The largest absolute Gasteiger partial charge is 0.492 e. The molecular weight excluding hydrogens is 372 g/mol. The second kappa shape index (κ2) is 9.54. The number of benzene rings is 1. The summed E-state index contributed by atoms with van der Waals surface area (Å²) < 4.78 is 28.5. The summed E-state index contributed by atoms with van der Waals surface area (Å²) in [6.45, 7) is 6.31.